The number of nitrogens with one attached hydrogen (secondary N) is 1. The van der Waals surface area contributed by atoms with E-state index in [2.05, 4.69) is 37.9 Å². The number of thiol groups is 1. The monoisotopic (exact) mass is 225 g/mol. The molecule has 0 bridgehead atoms. The highest BCUT2D eigenvalue weighted by Crippen LogP contribution is 2.30. The second kappa shape index (κ2) is 5.42. The zero-order valence-electron chi connectivity index (χ0n) is 9.58. The molecule has 0 saturated carbocycles. The summed E-state index contributed by atoms with van der Waals surface area (Å²) in [5.74, 6) is 1.64. The molecule has 1 aromatic carbocycles. The third-order valence-electron chi connectivity index (χ3n) is 2.51. The molecule has 1 rings (SSSR count). The van der Waals surface area contributed by atoms with Crippen molar-refractivity contribution in [3.63, 3.8) is 0 Å². The second-order valence-electron chi connectivity index (χ2n) is 4.17. The van der Waals surface area contributed by atoms with E-state index >= 15 is 0 Å². The smallest absolute Gasteiger partial charge is 0.122 e. The maximum absolute atomic E-state index is 5.36. The Bertz CT molecular complexity index is 312. The van der Waals surface area contributed by atoms with Gasteiger partial charge in [-0.15, -0.1) is 0 Å². The summed E-state index contributed by atoms with van der Waals surface area (Å²) in [5.41, 5.74) is 1.27. The quantitative estimate of drug-likeness (QED) is 0.593. The fourth-order valence-corrected chi connectivity index (χ4v) is 1.78. The summed E-state index contributed by atoms with van der Waals surface area (Å²) in [6.07, 6.45) is 0. The fraction of sp³-hybridized carbons (Fsp3) is 0.500. The first-order chi connectivity index (χ1) is 7.11. The molecule has 15 heavy (non-hydrogen) atoms. The number of hydrogen-bond donors (Lipinski definition) is 2. The molecule has 84 valence electrons. The standard InChI is InChI=1S/C12H19NOS/c1-12(2,8-13-9-15)10-6-4-5-7-11(10)14-3/h4-7,13,15H,8-9H2,1-3H3. The van der Waals surface area contributed by atoms with Crippen LogP contribution in [0.15, 0.2) is 24.3 Å². The van der Waals surface area contributed by atoms with Gasteiger partial charge in [-0.25, -0.2) is 0 Å². The average molecular weight is 225 g/mol. The lowest BCUT2D eigenvalue weighted by atomic mass is 9.84. The zero-order valence-corrected chi connectivity index (χ0v) is 10.5. The van der Waals surface area contributed by atoms with Gasteiger partial charge in [-0.05, 0) is 6.07 Å². The summed E-state index contributed by atoms with van der Waals surface area (Å²) in [6, 6.07) is 8.14. The van der Waals surface area contributed by atoms with Crippen molar-refractivity contribution in [3.05, 3.63) is 29.8 Å². The van der Waals surface area contributed by atoms with E-state index in [-0.39, 0.29) is 5.41 Å². The van der Waals surface area contributed by atoms with E-state index in [1.165, 1.54) is 5.56 Å². The van der Waals surface area contributed by atoms with Crippen LogP contribution < -0.4 is 10.1 Å². The molecule has 0 aliphatic heterocycles. The van der Waals surface area contributed by atoms with Gasteiger partial charge in [-0.1, -0.05) is 32.0 Å². The van der Waals surface area contributed by atoms with Gasteiger partial charge in [0.05, 0.1) is 7.11 Å². The molecule has 0 amide bonds. The highest BCUT2D eigenvalue weighted by atomic mass is 32.1. The molecule has 0 saturated heterocycles. The highest BCUT2D eigenvalue weighted by Gasteiger charge is 2.23. The van der Waals surface area contributed by atoms with Crippen molar-refractivity contribution in [1.29, 1.82) is 0 Å². The first kappa shape index (κ1) is 12.4. The average Bonchev–Trinajstić information content (AvgIpc) is 2.26. The zero-order chi connectivity index (χ0) is 11.3. The van der Waals surface area contributed by atoms with Gasteiger partial charge in [0.15, 0.2) is 0 Å². The molecule has 0 spiro atoms. The van der Waals surface area contributed by atoms with Crippen LogP contribution in [-0.4, -0.2) is 19.5 Å². The number of rotatable bonds is 5. The van der Waals surface area contributed by atoms with E-state index in [0.717, 1.165) is 12.3 Å². The van der Waals surface area contributed by atoms with E-state index in [9.17, 15) is 0 Å². The van der Waals surface area contributed by atoms with Gasteiger partial charge in [0.2, 0.25) is 0 Å². The highest BCUT2D eigenvalue weighted by molar-refractivity contribution is 7.80. The Morgan fingerprint density at radius 2 is 2.00 bits per heavy atom. The van der Waals surface area contributed by atoms with Crippen molar-refractivity contribution in [2.45, 2.75) is 19.3 Å². The Morgan fingerprint density at radius 3 is 2.60 bits per heavy atom. The molecule has 3 heteroatoms. The van der Waals surface area contributed by atoms with Crippen LogP contribution in [0.1, 0.15) is 19.4 Å². The molecule has 0 aromatic heterocycles. The van der Waals surface area contributed by atoms with E-state index in [4.69, 9.17) is 4.74 Å². The van der Waals surface area contributed by atoms with Crippen molar-refractivity contribution >= 4 is 12.6 Å². The Kier molecular flexibility index (Phi) is 4.48. The minimum atomic E-state index is 0.0509. The van der Waals surface area contributed by atoms with Crippen LogP contribution in [0.5, 0.6) is 5.75 Å². The number of ether oxygens (including phenoxy) is 1. The summed E-state index contributed by atoms with van der Waals surface area (Å²) < 4.78 is 5.36. The Labute approximate surface area is 97.4 Å². The van der Waals surface area contributed by atoms with Crippen LogP contribution in [0.2, 0.25) is 0 Å². The predicted octanol–water partition coefficient (Wildman–Crippen LogP) is 2.45. The van der Waals surface area contributed by atoms with E-state index in [0.29, 0.717) is 5.88 Å². The van der Waals surface area contributed by atoms with Crippen LogP contribution in [-0.2, 0) is 5.41 Å². The summed E-state index contributed by atoms with van der Waals surface area (Å²) in [5, 5.41) is 3.25. The third-order valence-corrected chi connectivity index (χ3v) is 2.74. The molecule has 0 unspecified atom stereocenters. The second-order valence-corrected chi connectivity index (χ2v) is 4.49. The topological polar surface area (TPSA) is 21.3 Å². The van der Waals surface area contributed by atoms with Gasteiger partial charge in [-0.3, -0.25) is 0 Å². The van der Waals surface area contributed by atoms with E-state index in [1.54, 1.807) is 7.11 Å². The number of benzene rings is 1. The number of methoxy groups -OCH3 is 1. The van der Waals surface area contributed by atoms with Crippen molar-refractivity contribution < 1.29 is 4.74 Å². The fourth-order valence-electron chi connectivity index (χ4n) is 1.67. The van der Waals surface area contributed by atoms with Crippen molar-refractivity contribution in [2.24, 2.45) is 0 Å². The molecule has 0 heterocycles. The molecular formula is C12H19NOS. The largest absolute Gasteiger partial charge is 0.496 e. The number of para-hydroxylation sites is 1. The Morgan fingerprint density at radius 1 is 1.33 bits per heavy atom. The summed E-state index contributed by atoms with van der Waals surface area (Å²) in [7, 11) is 1.71. The predicted molar refractivity (Wildman–Crippen MR) is 67.9 cm³/mol. The maximum Gasteiger partial charge on any atom is 0.122 e. The molecule has 0 radical (unpaired) electrons. The van der Waals surface area contributed by atoms with Gasteiger partial charge in [-0.2, -0.15) is 12.6 Å². The van der Waals surface area contributed by atoms with E-state index in [1.807, 2.05) is 18.2 Å². The molecule has 2 nitrogen and oxygen atoms in total. The third kappa shape index (κ3) is 3.14. The minimum Gasteiger partial charge on any atom is -0.496 e. The lowest BCUT2D eigenvalue weighted by molar-refractivity contribution is 0.388. The van der Waals surface area contributed by atoms with Gasteiger partial charge < -0.3 is 10.1 Å². The summed E-state index contributed by atoms with van der Waals surface area (Å²) in [6.45, 7) is 5.28. The molecule has 0 fully saturated rings. The Hall–Kier alpha value is -0.670. The van der Waals surface area contributed by atoms with Gasteiger partial charge in [0.1, 0.15) is 5.75 Å². The summed E-state index contributed by atoms with van der Waals surface area (Å²) >= 11 is 4.15. The first-order valence-corrected chi connectivity index (χ1v) is 5.70. The van der Waals surface area contributed by atoms with Crippen molar-refractivity contribution in [1.82, 2.24) is 5.32 Å². The van der Waals surface area contributed by atoms with Gasteiger partial charge in [0, 0.05) is 23.4 Å². The lowest BCUT2D eigenvalue weighted by Crippen LogP contribution is -2.32. The van der Waals surface area contributed by atoms with Crippen LogP contribution in [0.4, 0.5) is 0 Å². The van der Waals surface area contributed by atoms with Crippen LogP contribution in [0, 0.1) is 0 Å². The van der Waals surface area contributed by atoms with Crippen molar-refractivity contribution in [2.75, 3.05) is 19.5 Å². The summed E-state index contributed by atoms with van der Waals surface area (Å²) in [4.78, 5) is 0. The lowest BCUT2D eigenvalue weighted by Gasteiger charge is -2.27. The first-order valence-electron chi connectivity index (χ1n) is 5.07. The normalized spacial score (nSPS) is 11.5. The SMILES string of the molecule is COc1ccccc1C(C)(C)CNCS. The van der Waals surface area contributed by atoms with E-state index < -0.39 is 0 Å². The van der Waals surface area contributed by atoms with Gasteiger partial charge >= 0.3 is 0 Å². The molecule has 0 aliphatic rings. The van der Waals surface area contributed by atoms with Crippen molar-refractivity contribution in [3.8, 4) is 5.75 Å². The molecule has 1 aromatic rings. The Balaban J connectivity index is 2.92. The van der Waals surface area contributed by atoms with Gasteiger partial charge in [0.25, 0.3) is 0 Å². The molecular weight excluding hydrogens is 206 g/mol. The molecule has 0 atom stereocenters. The number of hydrogen-bond acceptors (Lipinski definition) is 3. The minimum absolute atomic E-state index is 0.0509. The van der Waals surface area contributed by atoms with Crippen LogP contribution >= 0.6 is 12.6 Å². The molecule has 0 aliphatic carbocycles. The maximum atomic E-state index is 5.36. The molecule has 1 N–H and O–H groups in total. The van der Waals surface area contributed by atoms with Crippen LogP contribution in [0.3, 0.4) is 0 Å². The van der Waals surface area contributed by atoms with Crippen LogP contribution in [0.25, 0.3) is 0 Å².